The first-order chi connectivity index (χ1) is 9.15. The summed E-state index contributed by atoms with van der Waals surface area (Å²) in [5, 5.41) is 9.04. The van der Waals surface area contributed by atoms with Crippen LogP contribution in [0.15, 0.2) is 47.4 Å². The van der Waals surface area contributed by atoms with Crippen LogP contribution in [-0.2, 0) is 0 Å². The molecule has 19 heavy (non-hydrogen) atoms. The lowest BCUT2D eigenvalue weighted by atomic mass is 10.0. The third-order valence-corrected chi connectivity index (χ3v) is 3.60. The number of methoxy groups -OCH3 is 1. The molecule has 0 unspecified atom stereocenters. The highest BCUT2D eigenvalue weighted by Crippen LogP contribution is 2.28. The minimum atomic E-state index is -0.985. The average molecular weight is 274 g/mol. The summed E-state index contributed by atoms with van der Waals surface area (Å²) in [6, 6.07) is 13.2. The maximum Gasteiger partial charge on any atom is 0.339 e. The Bertz CT molecular complexity index is 591. The molecule has 0 saturated heterocycles. The molecular formula is C15H14O3S. The zero-order chi connectivity index (χ0) is 13.8. The maximum atomic E-state index is 11.0. The minimum absolute atomic E-state index is 0.173. The Hall–Kier alpha value is -1.94. The van der Waals surface area contributed by atoms with Crippen LogP contribution in [0.1, 0.15) is 10.4 Å². The number of carbonyl (C=O) groups is 1. The highest BCUT2D eigenvalue weighted by molar-refractivity contribution is 7.98. The zero-order valence-corrected chi connectivity index (χ0v) is 11.5. The Morgan fingerprint density at radius 3 is 2.26 bits per heavy atom. The van der Waals surface area contributed by atoms with E-state index in [-0.39, 0.29) is 5.56 Å². The summed E-state index contributed by atoms with van der Waals surface area (Å²) in [6.07, 6.45) is 2.03. The first kappa shape index (κ1) is 13.5. The van der Waals surface area contributed by atoms with Gasteiger partial charge < -0.3 is 9.84 Å². The predicted molar refractivity (Wildman–Crippen MR) is 77.2 cm³/mol. The standard InChI is InChI=1S/C15H14O3S/c1-18-14-9-11(5-8-13(14)15(16)17)10-3-6-12(19-2)7-4-10/h3-9H,1-2H3,(H,16,17). The van der Waals surface area contributed by atoms with Gasteiger partial charge in [-0.25, -0.2) is 4.79 Å². The minimum Gasteiger partial charge on any atom is -0.496 e. The lowest BCUT2D eigenvalue weighted by Crippen LogP contribution is -2.00. The maximum absolute atomic E-state index is 11.0. The molecule has 0 saturated carbocycles. The largest absolute Gasteiger partial charge is 0.496 e. The zero-order valence-electron chi connectivity index (χ0n) is 10.7. The van der Waals surface area contributed by atoms with Crippen LogP contribution in [0, 0.1) is 0 Å². The van der Waals surface area contributed by atoms with Gasteiger partial charge in [0.2, 0.25) is 0 Å². The van der Waals surface area contributed by atoms with Crippen molar-refractivity contribution in [1.82, 2.24) is 0 Å². The smallest absolute Gasteiger partial charge is 0.339 e. The van der Waals surface area contributed by atoms with Gasteiger partial charge in [-0.15, -0.1) is 11.8 Å². The number of aromatic carboxylic acids is 1. The molecular weight excluding hydrogens is 260 g/mol. The molecule has 0 aromatic heterocycles. The second-order valence-corrected chi connectivity index (χ2v) is 4.83. The SMILES string of the molecule is COc1cc(-c2ccc(SC)cc2)ccc1C(=O)O. The van der Waals surface area contributed by atoms with Gasteiger partial charge in [0.15, 0.2) is 0 Å². The van der Waals surface area contributed by atoms with Crippen molar-refractivity contribution in [1.29, 1.82) is 0 Å². The van der Waals surface area contributed by atoms with Crippen molar-refractivity contribution in [2.45, 2.75) is 4.90 Å². The van der Waals surface area contributed by atoms with E-state index >= 15 is 0 Å². The van der Waals surface area contributed by atoms with Gasteiger partial charge in [0.05, 0.1) is 7.11 Å². The summed E-state index contributed by atoms with van der Waals surface area (Å²) in [5.41, 5.74) is 2.15. The molecule has 0 aliphatic carbocycles. The van der Waals surface area contributed by atoms with Crippen molar-refractivity contribution in [2.75, 3.05) is 13.4 Å². The van der Waals surface area contributed by atoms with E-state index in [1.807, 2.05) is 30.5 Å². The molecule has 0 aliphatic rings. The number of hydrogen-bond acceptors (Lipinski definition) is 3. The Morgan fingerprint density at radius 2 is 1.74 bits per heavy atom. The van der Waals surface area contributed by atoms with Crippen LogP contribution in [-0.4, -0.2) is 24.4 Å². The molecule has 2 rings (SSSR count). The van der Waals surface area contributed by atoms with Gasteiger partial charge in [0.25, 0.3) is 0 Å². The van der Waals surface area contributed by atoms with Crippen molar-refractivity contribution in [3.63, 3.8) is 0 Å². The Kier molecular flexibility index (Phi) is 4.12. The van der Waals surface area contributed by atoms with Crippen molar-refractivity contribution in [3.8, 4) is 16.9 Å². The molecule has 0 atom stereocenters. The number of thioether (sulfide) groups is 1. The molecule has 0 spiro atoms. The Balaban J connectivity index is 2.42. The highest BCUT2D eigenvalue weighted by Gasteiger charge is 2.11. The molecule has 4 heteroatoms. The average Bonchev–Trinajstić information content (AvgIpc) is 2.46. The van der Waals surface area contributed by atoms with Crippen LogP contribution in [0.2, 0.25) is 0 Å². The van der Waals surface area contributed by atoms with E-state index in [1.165, 1.54) is 12.0 Å². The van der Waals surface area contributed by atoms with Crippen LogP contribution in [0.4, 0.5) is 0 Å². The number of carboxylic acid groups (broad SMARTS) is 1. The molecule has 0 bridgehead atoms. The second-order valence-electron chi connectivity index (χ2n) is 3.95. The topological polar surface area (TPSA) is 46.5 Å². The number of ether oxygens (including phenoxy) is 1. The Labute approximate surface area is 116 Å². The fourth-order valence-electron chi connectivity index (χ4n) is 1.83. The van der Waals surface area contributed by atoms with E-state index in [1.54, 1.807) is 30.0 Å². The van der Waals surface area contributed by atoms with Crippen LogP contribution in [0.3, 0.4) is 0 Å². The van der Waals surface area contributed by atoms with Gasteiger partial charge in [0.1, 0.15) is 11.3 Å². The van der Waals surface area contributed by atoms with Gasteiger partial charge >= 0.3 is 5.97 Å². The quantitative estimate of drug-likeness (QED) is 0.862. The van der Waals surface area contributed by atoms with Crippen LogP contribution < -0.4 is 4.74 Å². The normalized spacial score (nSPS) is 10.2. The van der Waals surface area contributed by atoms with Gasteiger partial charge in [0, 0.05) is 4.90 Å². The van der Waals surface area contributed by atoms with E-state index in [0.717, 1.165) is 11.1 Å². The molecule has 0 fully saturated rings. The summed E-state index contributed by atoms with van der Waals surface area (Å²) >= 11 is 1.68. The molecule has 1 N–H and O–H groups in total. The Morgan fingerprint density at radius 1 is 1.11 bits per heavy atom. The van der Waals surface area contributed by atoms with E-state index < -0.39 is 5.97 Å². The third kappa shape index (κ3) is 2.90. The fraction of sp³-hybridized carbons (Fsp3) is 0.133. The van der Waals surface area contributed by atoms with Gasteiger partial charge in [-0.1, -0.05) is 18.2 Å². The van der Waals surface area contributed by atoms with E-state index in [0.29, 0.717) is 5.75 Å². The first-order valence-electron chi connectivity index (χ1n) is 5.71. The number of hydrogen-bond donors (Lipinski definition) is 1. The van der Waals surface area contributed by atoms with E-state index in [2.05, 4.69) is 0 Å². The van der Waals surface area contributed by atoms with Crippen molar-refractivity contribution >= 4 is 17.7 Å². The number of carboxylic acids is 1. The molecule has 0 radical (unpaired) electrons. The number of rotatable bonds is 4. The molecule has 2 aromatic carbocycles. The van der Waals surface area contributed by atoms with Crippen LogP contribution >= 0.6 is 11.8 Å². The van der Waals surface area contributed by atoms with Gasteiger partial charge in [-0.05, 0) is 41.6 Å². The van der Waals surface area contributed by atoms with Crippen molar-refractivity contribution < 1.29 is 14.6 Å². The van der Waals surface area contributed by atoms with Crippen LogP contribution in [0.25, 0.3) is 11.1 Å². The summed E-state index contributed by atoms with van der Waals surface area (Å²) in [6.45, 7) is 0. The van der Waals surface area contributed by atoms with Crippen molar-refractivity contribution in [2.24, 2.45) is 0 Å². The lowest BCUT2D eigenvalue weighted by molar-refractivity contribution is 0.0693. The highest BCUT2D eigenvalue weighted by atomic mass is 32.2. The summed E-state index contributed by atoms with van der Waals surface area (Å²) in [7, 11) is 1.47. The molecule has 3 nitrogen and oxygen atoms in total. The predicted octanol–water partition coefficient (Wildman–Crippen LogP) is 3.78. The molecule has 0 heterocycles. The lowest BCUT2D eigenvalue weighted by Gasteiger charge is -2.08. The molecule has 0 aliphatic heterocycles. The molecule has 98 valence electrons. The third-order valence-electron chi connectivity index (χ3n) is 2.86. The summed E-state index contributed by atoms with van der Waals surface area (Å²) in [5.74, 6) is -0.611. The van der Waals surface area contributed by atoms with Gasteiger partial charge in [-0.2, -0.15) is 0 Å². The monoisotopic (exact) mass is 274 g/mol. The van der Waals surface area contributed by atoms with E-state index in [4.69, 9.17) is 9.84 Å². The number of benzene rings is 2. The van der Waals surface area contributed by atoms with Gasteiger partial charge in [-0.3, -0.25) is 0 Å². The van der Waals surface area contributed by atoms with E-state index in [9.17, 15) is 4.79 Å². The summed E-state index contributed by atoms with van der Waals surface area (Å²) < 4.78 is 5.13. The van der Waals surface area contributed by atoms with Crippen LogP contribution in [0.5, 0.6) is 5.75 Å². The summed E-state index contributed by atoms with van der Waals surface area (Å²) in [4.78, 5) is 12.2. The fourth-order valence-corrected chi connectivity index (χ4v) is 2.24. The van der Waals surface area contributed by atoms with Crippen molar-refractivity contribution in [3.05, 3.63) is 48.0 Å². The second kappa shape index (κ2) is 5.80. The first-order valence-corrected chi connectivity index (χ1v) is 6.94. The molecule has 0 amide bonds. The molecule has 2 aromatic rings.